The van der Waals surface area contributed by atoms with Crippen LogP contribution in [-0.2, 0) is 14.6 Å². The summed E-state index contributed by atoms with van der Waals surface area (Å²) in [5.74, 6) is 1.03. The van der Waals surface area contributed by atoms with E-state index in [0.29, 0.717) is 37.6 Å². The van der Waals surface area contributed by atoms with Gasteiger partial charge in [0.15, 0.2) is 9.84 Å². The molecular formula is C21H37N3O4S. The lowest BCUT2D eigenvalue weighted by Crippen LogP contribution is -2.52. The third-order valence-corrected chi connectivity index (χ3v) is 8.71. The molecule has 3 aliphatic rings. The molecule has 3 fully saturated rings. The number of imide groups is 1. The molecule has 1 unspecified atom stereocenters. The SMILES string of the molecule is CC(C)CN(CN1C(=O)NC2(CCC(C(C)(C)C)CC2)C1=O)C1CCS(=O)(=O)C1. The summed E-state index contributed by atoms with van der Waals surface area (Å²) in [5.41, 5.74) is -0.570. The number of hydrogen-bond donors (Lipinski definition) is 1. The van der Waals surface area contributed by atoms with Gasteiger partial charge in [-0.25, -0.2) is 18.1 Å². The van der Waals surface area contributed by atoms with E-state index in [9.17, 15) is 18.0 Å². The summed E-state index contributed by atoms with van der Waals surface area (Å²) >= 11 is 0. The summed E-state index contributed by atoms with van der Waals surface area (Å²) in [5, 5.41) is 3.00. The summed E-state index contributed by atoms with van der Waals surface area (Å²) in [4.78, 5) is 29.4. The molecule has 3 rings (SSSR count). The Hall–Kier alpha value is -1.15. The van der Waals surface area contributed by atoms with Crippen molar-refractivity contribution >= 4 is 21.8 Å². The molecule has 0 aromatic heterocycles. The molecule has 166 valence electrons. The Balaban J connectivity index is 1.71. The average Bonchev–Trinajstić information content (AvgIpc) is 3.06. The molecule has 0 radical (unpaired) electrons. The topological polar surface area (TPSA) is 86.8 Å². The lowest BCUT2D eigenvalue weighted by atomic mass is 9.67. The summed E-state index contributed by atoms with van der Waals surface area (Å²) in [6.07, 6.45) is 3.78. The number of carbonyl (C=O) groups is 2. The van der Waals surface area contributed by atoms with Crippen molar-refractivity contribution in [1.29, 1.82) is 0 Å². The minimum Gasteiger partial charge on any atom is -0.323 e. The van der Waals surface area contributed by atoms with E-state index in [0.717, 1.165) is 12.8 Å². The Labute approximate surface area is 175 Å². The Kier molecular flexibility index (Phi) is 6.09. The highest BCUT2D eigenvalue weighted by molar-refractivity contribution is 7.91. The molecule has 29 heavy (non-hydrogen) atoms. The summed E-state index contributed by atoms with van der Waals surface area (Å²) in [7, 11) is -3.03. The highest BCUT2D eigenvalue weighted by atomic mass is 32.2. The molecule has 1 spiro atoms. The number of nitrogens with one attached hydrogen (secondary N) is 1. The predicted molar refractivity (Wildman–Crippen MR) is 113 cm³/mol. The predicted octanol–water partition coefficient (Wildman–Crippen LogP) is 2.62. The fraction of sp³-hybridized carbons (Fsp3) is 0.905. The molecule has 0 bridgehead atoms. The number of amides is 3. The number of hydrogen-bond acceptors (Lipinski definition) is 5. The van der Waals surface area contributed by atoms with Gasteiger partial charge in [-0.1, -0.05) is 34.6 Å². The first-order valence-electron chi connectivity index (χ1n) is 10.9. The van der Waals surface area contributed by atoms with Crippen molar-refractivity contribution in [3.8, 4) is 0 Å². The molecule has 3 amide bonds. The second kappa shape index (κ2) is 7.84. The van der Waals surface area contributed by atoms with Crippen LogP contribution in [0.1, 0.15) is 66.7 Å². The standard InChI is InChI=1S/C21H37N3O4S/c1-15(2)12-23(17-8-11-29(27,28)13-17)14-24-18(25)21(22-19(24)26)9-6-16(7-10-21)20(3,4)5/h15-17H,6-14H2,1-5H3,(H,22,26). The highest BCUT2D eigenvalue weighted by Gasteiger charge is 2.53. The van der Waals surface area contributed by atoms with Gasteiger partial charge in [-0.3, -0.25) is 9.69 Å². The summed E-state index contributed by atoms with van der Waals surface area (Å²) in [6.45, 7) is 11.7. The van der Waals surface area contributed by atoms with Crippen LogP contribution in [0.2, 0.25) is 0 Å². The van der Waals surface area contributed by atoms with Gasteiger partial charge in [0, 0.05) is 12.6 Å². The largest absolute Gasteiger partial charge is 0.326 e. The zero-order valence-electron chi connectivity index (χ0n) is 18.5. The fourth-order valence-electron chi connectivity index (χ4n) is 5.16. The van der Waals surface area contributed by atoms with Crippen LogP contribution in [-0.4, -0.2) is 66.5 Å². The monoisotopic (exact) mass is 427 g/mol. The molecule has 2 aliphatic heterocycles. The maximum Gasteiger partial charge on any atom is 0.326 e. The van der Waals surface area contributed by atoms with Crippen LogP contribution in [0, 0.1) is 17.3 Å². The number of sulfone groups is 1. The normalized spacial score (nSPS) is 32.6. The van der Waals surface area contributed by atoms with Gasteiger partial charge >= 0.3 is 6.03 Å². The van der Waals surface area contributed by atoms with Crippen molar-refractivity contribution in [1.82, 2.24) is 15.1 Å². The fourth-order valence-corrected chi connectivity index (χ4v) is 6.92. The van der Waals surface area contributed by atoms with Gasteiger partial charge in [0.05, 0.1) is 18.2 Å². The molecule has 1 N–H and O–H groups in total. The molecule has 7 nitrogen and oxygen atoms in total. The van der Waals surface area contributed by atoms with Crippen LogP contribution >= 0.6 is 0 Å². The first-order chi connectivity index (χ1) is 13.3. The van der Waals surface area contributed by atoms with Crippen LogP contribution in [0.25, 0.3) is 0 Å². The number of urea groups is 1. The van der Waals surface area contributed by atoms with E-state index >= 15 is 0 Å². The molecule has 1 atom stereocenters. The van der Waals surface area contributed by atoms with Gasteiger partial charge in [-0.15, -0.1) is 0 Å². The lowest BCUT2D eigenvalue weighted by Gasteiger charge is -2.40. The van der Waals surface area contributed by atoms with Crippen molar-refractivity contribution in [2.24, 2.45) is 17.3 Å². The Morgan fingerprint density at radius 1 is 1.17 bits per heavy atom. The van der Waals surface area contributed by atoms with Gasteiger partial charge in [0.25, 0.3) is 5.91 Å². The summed E-state index contributed by atoms with van der Waals surface area (Å²) in [6, 6.07) is -0.463. The van der Waals surface area contributed by atoms with Crippen molar-refractivity contribution in [3.05, 3.63) is 0 Å². The third-order valence-electron chi connectivity index (χ3n) is 6.96. The maximum atomic E-state index is 13.3. The maximum absolute atomic E-state index is 13.3. The first kappa shape index (κ1) is 22.5. The molecule has 0 aromatic carbocycles. The zero-order valence-corrected chi connectivity index (χ0v) is 19.3. The highest BCUT2D eigenvalue weighted by Crippen LogP contribution is 2.43. The minimum atomic E-state index is -3.03. The molecule has 2 heterocycles. The quantitative estimate of drug-likeness (QED) is 0.682. The van der Waals surface area contributed by atoms with Gasteiger partial charge < -0.3 is 5.32 Å². The minimum absolute atomic E-state index is 0.113. The van der Waals surface area contributed by atoms with E-state index in [4.69, 9.17) is 0 Å². The smallest absolute Gasteiger partial charge is 0.323 e. The van der Waals surface area contributed by atoms with E-state index in [2.05, 4.69) is 39.9 Å². The Morgan fingerprint density at radius 3 is 2.28 bits per heavy atom. The summed E-state index contributed by atoms with van der Waals surface area (Å²) < 4.78 is 23.9. The van der Waals surface area contributed by atoms with E-state index in [1.165, 1.54) is 4.90 Å². The average molecular weight is 428 g/mol. The van der Waals surface area contributed by atoms with E-state index in [1.807, 2.05) is 4.90 Å². The van der Waals surface area contributed by atoms with Gasteiger partial charge in [0.1, 0.15) is 5.54 Å². The molecular weight excluding hydrogens is 390 g/mol. The van der Waals surface area contributed by atoms with Crippen LogP contribution in [0.4, 0.5) is 4.79 Å². The Morgan fingerprint density at radius 2 is 1.79 bits per heavy atom. The molecule has 8 heteroatoms. The Bertz CT molecular complexity index is 748. The van der Waals surface area contributed by atoms with Crippen molar-refractivity contribution in [2.45, 2.75) is 78.3 Å². The molecule has 1 saturated carbocycles. The van der Waals surface area contributed by atoms with Gasteiger partial charge in [-0.2, -0.15) is 0 Å². The zero-order chi connectivity index (χ0) is 21.6. The molecule has 2 saturated heterocycles. The second-order valence-electron chi connectivity index (χ2n) is 10.7. The lowest BCUT2D eigenvalue weighted by molar-refractivity contribution is -0.135. The number of rotatable bonds is 5. The second-order valence-corrected chi connectivity index (χ2v) is 13.0. The van der Waals surface area contributed by atoms with E-state index < -0.39 is 15.4 Å². The first-order valence-corrected chi connectivity index (χ1v) is 12.7. The number of carbonyl (C=O) groups excluding carboxylic acids is 2. The van der Waals surface area contributed by atoms with E-state index in [-0.39, 0.29) is 41.6 Å². The van der Waals surface area contributed by atoms with Crippen LogP contribution in [0.3, 0.4) is 0 Å². The van der Waals surface area contributed by atoms with Crippen LogP contribution in [0.5, 0.6) is 0 Å². The third kappa shape index (κ3) is 4.79. The molecule has 0 aromatic rings. The van der Waals surface area contributed by atoms with Crippen molar-refractivity contribution in [3.63, 3.8) is 0 Å². The van der Waals surface area contributed by atoms with Crippen molar-refractivity contribution < 1.29 is 18.0 Å². The van der Waals surface area contributed by atoms with E-state index in [1.54, 1.807) is 0 Å². The van der Waals surface area contributed by atoms with Gasteiger partial charge in [-0.05, 0) is 49.4 Å². The molecule has 1 aliphatic carbocycles. The van der Waals surface area contributed by atoms with Crippen LogP contribution < -0.4 is 5.32 Å². The van der Waals surface area contributed by atoms with Crippen molar-refractivity contribution in [2.75, 3.05) is 24.7 Å². The van der Waals surface area contributed by atoms with Gasteiger partial charge in [0.2, 0.25) is 0 Å². The number of nitrogens with zero attached hydrogens (tertiary/aromatic N) is 2. The van der Waals surface area contributed by atoms with Crippen LogP contribution in [0.15, 0.2) is 0 Å².